The molecule has 0 N–H and O–H groups in total. The topological polar surface area (TPSA) is 15.6 Å². The second kappa shape index (κ2) is 10.7. The summed E-state index contributed by atoms with van der Waals surface area (Å²) in [5.74, 6) is 0. The number of benzene rings is 4. The van der Waals surface area contributed by atoms with Gasteiger partial charge in [0.2, 0.25) is 0 Å². The molecule has 2 aliphatic rings. The Labute approximate surface area is 255 Å². The highest BCUT2D eigenvalue weighted by Crippen LogP contribution is 2.50. The van der Waals surface area contributed by atoms with Crippen molar-refractivity contribution in [2.24, 2.45) is 4.99 Å². The van der Waals surface area contributed by atoms with E-state index in [0.29, 0.717) is 0 Å². The highest BCUT2D eigenvalue weighted by molar-refractivity contribution is 6.33. The van der Waals surface area contributed by atoms with Crippen molar-refractivity contribution in [3.63, 3.8) is 0 Å². The first-order chi connectivity index (χ1) is 20.1. The molecule has 0 bridgehead atoms. The van der Waals surface area contributed by atoms with Crippen LogP contribution in [-0.2, 0) is 10.8 Å². The van der Waals surface area contributed by atoms with Crippen LogP contribution in [0.25, 0.3) is 21.5 Å². The molecule has 0 fully saturated rings. The Balaban J connectivity index is 1.29. The molecule has 3 heteroatoms. The van der Waals surface area contributed by atoms with Crippen LogP contribution in [-0.4, -0.2) is 19.8 Å². The van der Waals surface area contributed by atoms with Crippen molar-refractivity contribution >= 4 is 44.5 Å². The summed E-state index contributed by atoms with van der Waals surface area (Å²) in [6.45, 7) is 9.17. The van der Waals surface area contributed by atoms with Gasteiger partial charge in [-0.3, -0.25) is 4.99 Å². The van der Waals surface area contributed by atoms with Crippen molar-refractivity contribution in [1.82, 2.24) is 0 Å². The summed E-state index contributed by atoms with van der Waals surface area (Å²) in [7, 11) is 4.06. The van der Waals surface area contributed by atoms with Gasteiger partial charge < -0.3 is 4.90 Å². The molecule has 212 valence electrons. The Bertz CT molecular complexity index is 1860. The first kappa shape index (κ1) is 28.2. The van der Waals surface area contributed by atoms with Gasteiger partial charge in [0.15, 0.2) is 0 Å². The van der Waals surface area contributed by atoms with E-state index in [1.54, 1.807) is 0 Å². The molecule has 2 nitrogen and oxygen atoms in total. The lowest BCUT2D eigenvalue weighted by molar-refractivity contribution is 0.645. The maximum atomic E-state index is 7.02. The number of hydrogen-bond donors (Lipinski definition) is 0. The Hall–Kier alpha value is -3.88. The molecule has 0 radical (unpaired) electrons. The number of rotatable bonds is 5. The smallest absolute Gasteiger partial charge is 0.0470 e. The molecule has 4 aromatic carbocycles. The maximum absolute atomic E-state index is 7.02. The zero-order chi connectivity index (χ0) is 29.6. The van der Waals surface area contributed by atoms with Crippen molar-refractivity contribution in [2.75, 3.05) is 19.0 Å². The predicted octanol–water partition coefficient (Wildman–Crippen LogP) is 10.4. The maximum Gasteiger partial charge on any atom is 0.0470 e. The fourth-order valence-electron chi connectivity index (χ4n) is 7.03. The van der Waals surface area contributed by atoms with Crippen molar-refractivity contribution in [2.45, 2.75) is 51.4 Å². The molecule has 6 rings (SSSR count). The second-order valence-corrected chi connectivity index (χ2v) is 12.9. The van der Waals surface area contributed by atoms with Gasteiger partial charge in [-0.2, -0.15) is 0 Å². The van der Waals surface area contributed by atoms with E-state index < -0.39 is 0 Å². The lowest BCUT2D eigenvalue weighted by Gasteiger charge is -2.27. The van der Waals surface area contributed by atoms with Gasteiger partial charge in [-0.15, -0.1) is 0 Å². The molecule has 42 heavy (non-hydrogen) atoms. The molecule has 0 saturated carbocycles. The zero-order valence-electron chi connectivity index (χ0n) is 25.5. The Morgan fingerprint density at radius 3 is 2.26 bits per heavy atom. The van der Waals surface area contributed by atoms with Gasteiger partial charge in [-0.05, 0) is 74.9 Å². The van der Waals surface area contributed by atoms with Gasteiger partial charge in [0.25, 0.3) is 0 Å². The normalized spacial score (nSPS) is 19.3. The van der Waals surface area contributed by atoms with Gasteiger partial charge in [0.1, 0.15) is 0 Å². The lowest BCUT2D eigenvalue weighted by Crippen LogP contribution is -2.28. The van der Waals surface area contributed by atoms with E-state index >= 15 is 0 Å². The van der Waals surface area contributed by atoms with E-state index in [1.807, 2.05) is 7.05 Å². The number of allylic oxidation sites excluding steroid dienone is 8. The molecule has 0 aromatic heterocycles. The standard InChI is InChI=1S/C39H39ClN2/c1-38(2,32-17-11-14-26-12-7-9-15-30(26)32)34(41-5)24-21-28-18-19-29(37(28)40)22-25-35-39(3,4)36-31-16-10-8-13-27(31)20-23-33(36)42(35)6/h7-17,20-25H,18-19H2,1-6H3/b24-21+,29-22+,35-25+,41-34?. The van der Waals surface area contributed by atoms with E-state index in [-0.39, 0.29) is 10.8 Å². The Morgan fingerprint density at radius 1 is 0.857 bits per heavy atom. The van der Waals surface area contributed by atoms with Crippen LogP contribution in [0.15, 0.2) is 130 Å². The number of halogens is 1. The van der Waals surface area contributed by atoms with Gasteiger partial charge >= 0.3 is 0 Å². The van der Waals surface area contributed by atoms with E-state index in [2.05, 4.69) is 143 Å². The van der Waals surface area contributed by atoms with Crippen LogP contribution in [0.4, 0.5) is 5.69 Å². The first-order valence-electron chi connectivity index (χ1n) is 14.8. The molecule has 0 spiro atoms. The zero-order valence-corrected chi connectivity index (χ0v) is 26.3. The third-order valence-corrected chi connectivity index (χ3v) is 9.84. The molecule has 0 amide bonds. The fourth-order valence-corrected chi connectivity index (χ4v) is 7.35. The average Bonchev–Trinajstić information content (AvgIpc) is 3.43. The van der Waals surface area contributed by atoms with E-state index in [0.717, 1.165) is 23.6 Å². The van der Waals surface area contributed by atoms with Crippen LogP contribution in [0.5, 0.6) is 0 Å². The number of anilines is 1. The van der Waals surface area contributed by atoms with Crippen LogP contribution in [0.2, 0.25) is 0 Å². The quantitative estimate of drug-likeness (QED) is 0.218. The van der Waals surface area contributed by atoms with Gasteiger partial charge in [0.05, 0.1) is 0 Å². The fraction of sp³-hybridized carbons (Fsp3) is 0.256. The van der Waals surface area contributed by atoms with Crippen molar-refractivity contribution < 1.29 is 0 Å². The van der Waals surface area contributed by atoms with E-state index in [1.165, 1.54) is 55.2 Å². The minimum Gasteiger partial charge on any atom is -0.347 e. The number of fused-ring (bicyclic) bond motifs is 4. The molecule has 1 aliphatic carbocycles. The average molecular weight is 571 g/mol. The van der Waals surface area contributed by atoms with Crippen molar-refractivity contribution in [1.29, 1.82) is 0 Å². The summed E-state index contributed by atoms with van der Waals surface area (Å²) in [6.07, 6.45) is 10.7. The van der Waals surface area contributed by atoms with Crippen LogP contribution in [0.1, 0.15) is 51.7 Å². The minimum absolute atomic E-state index is 0.112. The molecule has 4 aromatic rings. The summed E-state index contributed by atoms with van der Waals surface area (Å²) in [4.78, 5) is 7.08. The largest absolute Gasteiger partial charge is 0.347 e. The Kier molecular flexibility index (Phi) is 7.23. The van der Waals surface area contributed by atoms with Gasteiger partial charge in [-0.1, -0.05) is 124 Å². The van der Waals surface area contributed by atoms with E-state index in [4.69, 9.17) is 16.6 Å². The molecule has 1 heterocycles. The Morgan fingerprint density at radius 2 is 1.52 bits per heavy atom. The molecule has 0 atom stereocenters. The van der Waals surface area contributed by atoms with Crippen molar-refractivity contribution in [3.05, 3.63) is 136 Å². The summed E-state index contributed by atoms with van der Waals surface area (Å²) in [6, 6.07) is 28.3. The monoisotopic (exact) mass is 570 g/mol. The summed E-state index contributed by atoms with van der Waals surface area (Å²) < 4.78 is 0. The first-order valence-corrected chi connectivity index (χ1v) is 15.2. The summed E-state index contributed by atoms with van der Waals surface area (Å²) in [5, 5.41) is 6.00. The number of hydrogen-bond acceptors (Lipinski definition) is 2. The highest BCUT2D eigenvalue weighted by Gasteiger charge is 2.39. The minimum atomic E-state index is -0.251. The third kappa shape index (κ3) is 4.63. The van der Waals surface area contributed by atoms with Crippen molar-refractivity contribution in [3.8, 4) is 0 Å². The molecule has 1 aliphatic heterocycles. The number of likely N-dealkylation sites (N-methyl/N-ethyl adjacent to an activating group) is 1. The predicted molar refractivity (Wildman–Crippen MR) is 183 cm³/mol. The molecule has 0 saturated heterocycles. The van der Waals surface area contributed by atoms with Gasteiger partial charge in [-0.25, -0.2) is 0 Å². The summed E-state index contributed by atoms with van der Waals surface area (Å²) in [5.41, 5.74) is 8.27. The SMILES string of the molecule is CN=C(/C=C/C1=C(Cl)C(=C/C=C2/N(C)c3ccc4ccccc4c3C2(C)C)/CC1)C(C)(C)c1cccc2ccccc12. The molecule has 0 unspecified atom stereocenters. The number of aliphatic imine (C=N–C) groups is 1. The van der Waals surface area contributed by atoms with Gasteiger partial charge in [0, 0.05) is 47.1 Å². The second-order valence-electron chi connectivity index (χ2n) is 12.5. The summed E-state index contributed by atoms with van der Waals surface area (Å²) >= 11 is 7.02. The lowest BCUT2D eigenvalue weighted by atomic mass is 9.77. The highest BCUT2D eigenvalue weighted by atomic mass is 35.5. The number of nitrogens with zero attached hydrogens (tertiary/aromatic N) is 2. The third-order valence-electron chi connectivity index (χ3n) is 9.35. The van der Waals surface area contributed by atoms with Crippen LogP contribution < -0.4 is 4.90 Å². The van der Waals surface area contributed by atoms with Crippen LogP contribution >= 0.6 is 11.6 Å². The van der Waals surface area contributed by atoms with Crippen LogP contribution in [0, 0.1) is 0 Å². The van der Waals surface area contributed by atoms with Crippen LogP contribution in [0.3, 0.4) is 0 Å². The molecular formula is C39H39ClN2. The van der Waals surface area contributed by atoms with E-state index in [9.17, 15) is 0 Å². The molecular weight excluding hydrogens is 532 g/mol.